The van der Waals surface area contributed by atoms with E-state index < -0.39 is 0 Å². The summed E-state index contributed by atoms with van der Waals surface area (Å²) in [6.45, 7) is 2.90. The van der Waals surface area contributed by atoms with Gasteiger partial charge in [0.15, 0.2) is 0 Å². The van der Waals surface area contributed by atoms with Gasteiger partial charge in [-0.2, -0.15) is 0 Å². The number of hydrogen-bond donors (Lipinski definition) is 1. The summed E-state index contributed by atoms with van der Waals surface area (Å²) >= 11 is 3.21. The highest BCUT2D eigenvalue weighted by Crippen LogP contribution is 2.17. The van der Waals surface area contributed by atoms with Crippen molar-refractivity contribution in [3.63, 3.8) is 0 Å². The molecular formula is C17H25BrFNO. The summed E-state index contributed by atoms with van der Waals surface area (Å²) in [4.78, 5) is 11.9. The number of unbranched alkanes of at least 4 members (excludes halogenated alkanes) is 7. The second kappa shape index (κ2) is 10.8. The zero-order chi connectivity index (χ0) is 15.5. The predicted octanol–water partition coefficient (Wildman–Crippen LogP) is 5.46. The maximum absolute atomic E-state index is 13.0. The van der Waals surface area contributed by atoms with Crippen LogP contribution in [-0.4, -0.2) is 12.5 Å². The van der Waals surface area contributed by atoms with Crippen molar-refractivity contribution in [3.05, 3.63) is 34.1 Å². The number of hydrogen-bond acceptors (Lipinski definition) is 1. The fourth-order valence-electron chi connectivity index (χ4n) is 2.23. The molecule has 0 bridgehead atoms. The average molecular weight is 358 g/mol. The van der Waals surface area contributed by atoms with Crippen molar-refractivity contribution in [2.45, 2.75) is 58.3 Å². The molecule has 0 aliphatic rings. The molecule has 0 atom stereocenters. The Bertz CT molecular complexity index is 437. The first kappa shape index (κ1) is 18.1. The molecule has 0 unspecified atom stereocenters. The summed E-state index contributed by atoms with van der Waals surface area (Å²) in [5.41, 5.74) is 0.482. The molecule has 0 spiro atoms. The van der Waals surface area contributed by atoms with E-state index in [0.29, 0.717) is 16.6 Å². The second-order valence-corrected chi connectivity index (χ2v) is 6.21. The SMILES string of the molecule is CCCCCCCCCCNC(=O)c1ccc(F)cc1Br. The number of benzene rings is 1. The van der Waals surface area contributed by atoms with Gasteiger partial charge in [0.25, 0.3) is 5.91 Å². The highest BCUT2D eigenvalue weighted by atomic mass is 79.9. The summed E-state index contributed by atoms with van der Waals surface area (Å²) in [6.07, 6.45) is 9.95. The largest absolute Gasteiger partial charge is 0.352 e. The molecule has 0 fully saturated rings. The Morgan fingerprint density at radius 2 is 1.71 bits per heavy atom. The van der Waals surface area contributed by atoms with Crippen molar-refractivity contribution < 1.29 is 9.18 Å². The molecule has 0 saturated heterocycles. The molecule has 1 N–H and O–H groups in total. The van der Waals surface area contributed by atoms with Gasteiger partial charge in [0.05, 0.1) is 5.56 Å². The summed E-state index contributed by atoms with van der Waals surface area (Å²) in [5.74, 6) is -0.494. The zero-order valence-corrected chi connectivity index (χ0v) is 14.3. The smallest absolute Gasteiger partial charge is 0.252 e. The molecule has 1 aromatic carbocycles. The number of carbonyl (C=O) groups excluding carboxylic acids is 1. The highest BCUT2D eigenvalue weighted by Gasteiger charge is 2.09. The van der Waals surface area contributed by atoms with Gasteiger partial charge in [-0.1, -0.05) is 51.9 Å². The Labute approximate surface area is 135 Å². The van der Waals surface area contributed by atoms with Crippen molar-refractivity contribution in [2.24, 2.45) is 0 Å². The molecule has 0 aliphatic carbocycles. The van der Waals surface area contributed by atoms with Crippen LogP contribution in [0.15, 0.2) is 22.7 Å². The standard InChI is InChI=1S/C17H25BrFNO/c1-2-3-4-5-6-7-8-9-12-20-17(21)15-11-10-14(19)13-16(15)18/h10-11,13H,2-9,12H2,1H3,(H,20,21). The maximum atomic E-state index is 13.0. The highest BCUT2D eigenvalue weighted by molar-refractivity contribution is 9.10. The first-order valence-electron chi connectivity index (χ1n) is 7.88. The van der Waals surface area contributed by atoms with E-state index >= 15 is 0 Å². The van der Waals surface area contributed by atoms with Crippen LogP contribution in [0.4, 0.5) is 4.39 Å². The summed E-state index contributed by atoms with van der Waals surface area (Å²) < 4.78 is 13.4. The fraction of sp³-hybridized carbons (Fsp3) is 0.588. The van der Waals surface area contributed by atoms with Gasteiger partial charge in [0, 0.05) is 11.0 Å². The van der Waals surface area contributed by atoms with Crippen LogP contribution < -0.4 is 5.32 Å². The number of nitrogens with one attached hydrogen (secondary N) is 1. The first-order valence-corrected chi connectivity index (χ1v) is 8.67. The molecule has 4 heteroatoms. The lowest BCUT2D eigenvalue weighted by atomic mass is 10.1. The van der Waals surface area contributed by atoms with Crippen LogP contribution in [-0.2, 0) is 0 Å². The Morgan fingerprint density at radius 1 is 1.10 bits per heavy atom. The van der Waals surface area contributed by atoms with E-state index in [1.54, 1.807) is 0 Å². The van der Waals surface area contributed by atoms with E-state index in [2.05, 4.69) is 28.2 Å². The topological polar surface area (TPSA) is 29.1 Å². The fourth-order valence-corrected chi connectivity index (χ4v) is 2.76. The number of amides is 1. The molecule has 0 heterocycles. The summed E-state index contributed by atoms with van der Waals surface area (Å²) in [5, 5.41) is 2.88. The lowest BCUT2D eigenvalue weighted by Gasteiger charge is -2.07. The minimum atomic E-state index is -0.346. The van der Waals surface area contributed by atoms with Crippen LogP contribution in [0.2, 0.25) is 0 Å². The van der Waals surface area contributed by atoms with Gasteiger partial charge in [0.2, 0.25) is 0 Å². The molecule has 1 rings (SSSR count). The van der Waals surface area contributed by atoms with Crippen molar-refractivity contribution in [2.75, 3.05) is 6.54 Å². The van der Waals surface area contributed by atoms with Crippen LogP contribution in [0.25, 0.3) is 0 Å². The van der Waals surface area contributed by atoms with Crippen molar-refractivity contribution in [1.82, 2.24) is 5.32 Å². The molecular weight excluding hydrogens is 333 g/mol. The van der Waals surface area contributed by atoms with Crippen LogP contribution >= 0.6 is 15.9 Å². The first-order chi connectivity index (χ1) is 10.1. The maximum Gasteiger partial charge on any atom is 0.252 e. The van der Waals surface area contributed by atoms with E-state index in [1.807, 2.05) is 0 Å². The third-order valence-electron chi connectivity index (χ3n) is 3.49. The van der Waals surface area contributed by atoms with E-state index in [-0.39, 0.29) is 11.7 Å². The molecule has 0 saturated carbocycles. The van der Waals surface area contributed by atoms with Gasteiger partial charge < -0.3 is 5.32 Å². The molecule has 0 aromatic heterocycles. The Balaban J connectivity index is 2.11. The number of carbonyl (C=O) groups is 1. The quantitative estimate of drug-likeness (QED) is 0.553. The van der Waals surface area contributed by atoms with Crippen LogP contribution in [0.3, 0.4) is 0 Å². The molecule has 0 aliphatic heterocycles. The molecule has 0 radical (unpaired) electrons. The van der Waals surface area contributed by atoms with E-state index in [1.165, 1.54) is 56.7 Å². The molecule has 118 valence electrons. The molecule has 1 amide bonds. The molecule has 2 nitrogen and oxygen atoms in total. The number of halogens is 2. The minimum Gasteiger partial charge on any atom is -0.352 e. The second-order valence-electron chi connectivity index (χ2n) is 5.35. The third-order valence-corrected chi connectivity index (χ3v) is 4.15. The van der Waals surface area contributed by atoms with Gasteiger partial charge in [-0.3, -0.25) is 4.79 Å². The summed E-state index contributed by atoms with van der Waals surface area (Å²) in [6, 6.07) is 4.11. The van der Waals surface area contributed by atoms with Gasteiger partial charge >= 0.3 is 0 Å². The van der Waals surface area contributed by atoms with Crippen LogP contribution in [0.1, 0.15) is 68.6 Å². The monoisotopic (exact) mass is 357 g/mol. The minimum absolute atomic E-state index is 0.148. The van der Waals surface area contributed by atoms with Gasteiger partial charge in [-0.15, -0.1) is 0 Å². The van der Waals surface area contributed by atoms with Crippen molar-refractivity contribution in [3.8, 4) is 0 Å². The Kier molecular flexibility index (Phi) is 9.31. The molecule has 1 aromatic rings. The van der Waals surface area contributed by atoms with Crippen molar-refractivity contribution >= 4 is 21.8 Å². The van der Waals surface area contributed by atoms with Crippen molar-refractivity contribution in [1.29, 1.82) is 0 Å². The molecule has 21 heavy (non-hydrogen) atoms. The Morgan fingerprint density at radius 3 is 2.33 bits per heavy atom. The zero-order valence-electron chi connectivity index (χ0n) is 12.8. The van der Waals surface area contributed by atoms with Crippen LogP contribution in [0, 0.1) is 5.82 Å². The third kappa shape index (κ3) is 7.60. The van der Waals surface area contributed by atoms with Gasteiger partial charge in [0.1, 0.15) is 5.82 Å². The summed E-state index contributed by atoms with van der Waals surface area (Å²) in [7, 11) is 0. The normalized spacial score (nSPS) is 10.6. The van der Waals surface area contributed by atoms with E-state index in [0.717, 1.165) is 12.8 Å². The van der Waals surface area contributed by atoms with Crippen LogP contribution in [0.5, 0.6) is 0 Å². The lowest BCUT2D eigenvalue weighted by Crippen LogP contribution is -2.24. The van der Waals surface area contributed by atoms with Gasteiger partial charge in [-0.05, 0) is 40.5 Å². The predicted molar refractivity (Wildman–Crippen MR) is 89.0 cm³/mol. The van der Waals surface area contributed by atoms with Gasteiger partial charge in [-0.25, -0.2) is 4.39 Å². The van der Waals surface area contributed by atoms with E-state index in [9.17, 15) is 9.18 Å². The van der Waals surface area contributed by atoms with E-state index in [4.69, 9.17) is 0 Å². The number of rotatable bonds is 10. The Hall–Kier alpha value is -0.900. The lowest BCUT2D eigenvalue weighted by molar-refractivity contribution is 0.0952. The average Bonchev–Trinajstić information content (AvgIpc) is 2.45.